The lowest BCUT2D eigenvalue weighted by molar-refractivity contribution is -0.153. The summed E-state index contributed by atoms with van der Waals surface area (Å²) in [4.78, 5) is 23.8. The maximum Gasteiger partial charge on any atom is 0.422 e. The van der Waals surface area contributed by atoms with Gasteiger partial charge in [-0.05, 0) is 24.1 Å². The van der Waals surface area contributed by atoms with Gasteiger partial charge in [0.05, 0.1) is 6.42 Å². The average Bonchev–Trinajstić information content (AvgIpc) is 2.44. The first-order chi connectivity index (χ1) is 10.7. The highest BCUT2D eigenvalue weighted by Gasteiger charge is 2.28. The number of rotatable bonds is 8. The van der Waals surface area contributed by atoms with Crippen LogP contribution < -0.4 is 4.74 Å². The third-order valence-electron chi connectivity index (χ3n) is 2.97. The van der Waals surface area contributed by atoms with Crippen molar-refractivity contribution < 1.29 is 32.6 Å². The van der Waals surface area contributed by atoms with Gasteiger partial charge in [0.15, 0.2) is 6.61 Å². The van der Waals surface area contributed by atoms with Crippen LogP contribution in [0.1, 0.15) is 18.4 Å². The molecular weight excluding hydrogens is 315 g/mol. The number of alkyl halides is 3. The van der Waals surface area contributed by atoms with Gasteiger partial charge in [0.25, 0.3) is 0 Å². The highest BCUT2D eigenvalue weighted by molar-refractivity contribution is 5.78. The molecule has 1 aromatic rings. The van der Waals surface area contributed by atoms with Crippen molar-refractivity contribution in [1.82, 2.24) is 4.90 Å². The first-order valence-corrected chi connectivity index (χ1v) is 6.91. The van der Waals surface area contributed by atoms with Crippen LogP contribution >= 0.6 is 0 Å². The summed E-state index contributed by atoms with van der Waals surface area (Å²) in [5.41, 5.74) is 0.528. The summed E-state index contributed by atoms with van der Waals surface area (Å²) >= 11 is 0. The van der Waals surface area contributed by atoms with Crippen molar-refractivity contribution in [2.24, 2.45) is 0 Å². The Kier molecular flexibility index (Phi) is 6.87. The molecule has 5 nitrogen and oxygen atoms in total. The Morgan fingerprint density at radius 1 is 1.30 bits per heavy atom. The molecule has 1 amide bonds. The van der Waals surface area contributed by atoms with Crippen molar-refractivity contribution in [3.05, 3.63) is 29.8 Å². The molecule has 128 valence electrons. The maximum atomic E-state index is 12.1. The second-order valence-corrected chi connectivity index (χ2v) is 5.04. The molecule has 0 bridgehead atoms. The fourth-order valence-corrected chi connectivity index (χ4v) is 1.81. The van der Waals surface area contributed by atoms with E-state index < -0.39 is 18.8 Å². The summed E-state index contributed by atoms with van der Waals surface area (Å²) in [6.07, 6.45) is -4.10. The van der Waals surface area contributed by atoms with Crippen molar-refractivity contribution in [1.29, 1.82) is 0 Å². The number of nitrogens with zero attached hydrogens (tertiary/aromatic N) is 1. The summed E-state index contributed by atoms with van der Waals surface area (Å²) in [5.74, 6) is -1.13. The fourth-order valence-electron chi connectivity index (χ4n) is 1.81. The highest BCUT2D eigenvalue weighted by Crippen LogP contribution is 2.19. The molecule has 0 spiro atoms. The monoisotopic (exact) mass is 333 g/mol. The van der Waals surface area contributed by atoms with Crippen LogP contribution in [-0.2, 0) is 16.0 Å². The minimum atomic E-state index is -4.42. The van der Waals surface area contributed by atoms with Crippen molar-refractivity contribution >= 4 is 11.9 Å². The largest absolute Gasteiger partial charge is 0.484 e. The van der Waals surface area contributed by atoms with Crippen molar-refractivity contribution in [3.8, 4) is 5.75 Å². The molecule has 1 rings (SSSR count). The highest BCUT2D eigenvalue weighted by atomic mass is 19.4. The lowest BCUT2D eigenvalue weighted by atomic mass is 10.1. The molecule has 0 unspecified atom stereocenters. The third kappa shape index (κ3) is 8.08. The molecule has 0 aliphatic heterocycles. The SMILES string of the molecule is CN(CCCC(=O)O)C(=O)Cc1cccc(OCC(F)(F)F)c1. The number of carboxylic acids is 1. The van der Waals surface area contributed by atoms with Gasteiger partial charge < -0.3 is 14.7 Å². The predicted octanol–water partition coefficient (Wildman–Crippen LogP) is 2.49. The Balaban J connectivity index is 2.52. The molecule has 0 radical (unpaired) electrons. The summed E-state index contributed by atoms with van der Waals surface area (Å²) in [7, 11) is 1.55. The zero-order valence-corrected chi connectivity index (χ0v) is 12.6. The lowest BCUT2D eigenvalue weighted by Crippen LogP contribution is -2.29. The van der Waals surface area contributed by atoms with Gasteiger partial charge in [0, 0.05) is 20.0 Å². The molecule has 0 heterocycles. The number of hydrogen-bond donors (Lipinski definition) is 1. The number of carboxylic acid groups (broad SMARTS) is 1. The topological polar surface area (TPSA) is 66.8 Å². The van der Waals surface area contributed by atoms with E-state index in [2.05, 4.69) is 4.74 Å². The summed E-state index contributed by atoms with van der Waals surface area (Å²) in [5, 5.41) is 8.54. The molecule has 0 atom stereocenters. The standard InChI is InChI=1S/C15H18F3NO4/c1-19(7-3-6-14(21)22)13(20)9-11-4-2-5-12(8-11)23-10-15(16,17)18/h2,4-5,8H,3,6-7,9-10H2,1H3,(H,21,22). The van der Waals surface area contributed by atoms with Crippen molar-refractivity contribution in [2.45, 2.75) is 25.4 Å². The lowest BCUT2D eigenvalue weighted by Gasteiger charge is -2.17. The van der Waals surface area contributed by atoms with Crippen LogP contribution in [0.5, 0.6) is 5.75 Å². The van der Waals surface area contributed by atoms with Gasteiger partial charge in [-0.25, -0.2) is 0 Å². The quantitative estimate of drug-likeness (QED) is 0.794. The molecule has 0 aliphatic rings. The van der Waals surface area contributed by atoms with E-state index in [0.717, 1.165) is 0 Å². The Hall–Kier alpha value is -2.25. The molecule has 0 saturated heterocycles. The molecule has 8 heteroatoms. The van der Waals surface area contributed by atoms with Crippen LogP contribution in [0.3, 0.4) is 0 Å². The molecule has 23 heavy (non-hydrogen) atoms. The zero-order valence-electron chi connectivity index (χ0n) is 12.6. The Morgan fingerprint density at radius 3 is 2.61 bits per heavy atom. The van der Waals surface area contributed by atoms with Crippen LogP contribution in [0.4, 0.5) is 13.2 Å². The number of likely N-dealkylation sites (N-methyl/N-ethyl adjacent to an activating group) is 1. The Bertz CT molecular complexity index is 546. The summed E-state index contributed by atoms with van der Waals surface area (Å²) in [6, 6.07) is 5.90. The van der Waals surface area contributed by atoms with Crippen molar-refractivity contribution in [3.63, 3.8) is 0 Å². The molecule has 0 aliphatic carbocycles. The molecule has 0 fully saturated rings. The molecular formula is C15H18F3NO4. The first kappa shape index (κ1) is 18.8. The average molecular weight is 333 g/mol. The molecule has 1 aromatic carbocycles. The van der Waals surface area contributed by atoms with E-state index in [4.69, 9.17) is 5.11 Å². The number of ether oxygens (including phenoxy) is 1. The van der Waals surface area contributed by atoms with Crippen LogP contribution in [-0.4, -0.2) is 48.3 Å². The second kappa shape index (κ2) is 8.40. The van der Waals surface area contributed by atoms with E-state index in [1.807, 2.05) is 0 Å². The van der Waals surface area contributed by atoms with Gasteiger partial charge in [-0.15, -0.1) is 0 Å². The van der Waals surface area contributed by atoms with Gasteiger partial charge in [0.2, 0.25) is 5.91 Å². The number of carbonyl (C=O) groups excluding carboxylic acids is 1. The number of benzene rings is 1. The van der Waals surface area contributed by atoms with Gasteiger partial charge in [0.1, 0.15) is 5.75 Å². The molecule has 0 saturated carbocycles. The van der Waals surface area contributed by atoms with Gasteiger partial charge in [-0.2, -0.15) is 13.2 Å². The fraction of sp³-hybridized carbons (Fsp3) is 0.467. The van der Waals surface area contributed by atoms with E-state index in [9.17, 15) is 22.8 Å². The minimum absolute atomic E-state index is 0.00674. The zero-order chi connectivity index (χ0) is 17.5. The van der Waals surface area contributed by atoms with E-state index in [0.29, 0.717) is 18.5 Å². The smallest absolute Gasteiger partial charge is 0.422 e. The number of aliphatic carboxylic acids is 1. The second-order valence-electron chi connectivity index (χ2n) is 5.04. The van der Waals surface area contributed by atoms with Gasteiger partial charge in [-0.1, -0.05) is 12.1 Å². The van der Waals surface area contributed by atoms with Crippen LogP contribution in [0, 0.1) is 0 Å². The van der Waals surface area contributed by atoms with E-state index in [1.165, 1.54) is 23.1 Å². The first-order valence-electron chi connectivity index (χ1n) is 6.91. The molecule has 1 N–H and O–H groups in total. The van der Waals surface area contributed by atoms with E-state index in [1.54, 1.807) is 13.1 Å². The molecule has 0 aromatic heterocycles. The van der Waals surface area contributed by atoms with E-state index >= 15 is 0 Å². The Morgan fingerprint density at radius 2 is 2.00 bits per heavy atom. The summed E-state index contributed by atoms with van der Waals surface area (Å²) < 4.78 is 40.9. The van der Waals surface area contributed by atoms with Crippen LogP contribution in [0.2, 0.25) is 0 Å². The van der Waals surface area contributed by atoms with Gasteiger partial charge >= 0.3 is 12.1 Å². The third-order valence-corrected chi connectivity index (χ3v) is 2.97. The maximum absolute atomic E-state index is 12.1. The minimum Gasteiger partial charge on any atom is -0.484 e. The van der Waals surface area contributed by atoms with Crippen molar-refractivity contribution in [2.75, 3.05) is 20.2 Å². The Labute approximate surface area is 131 Å². The summed E-state index contributed by atoms with van der Waals surface area (Å²) in [6.45, 7) is -1.09. The van der Waals surface area contributed by atoms with E-state index in [-0.39, 0.29) is 24.5 Å². The number of hydrogen-bond acceptors (Lipinski definition) is 3. The number of amides is 1. The number of carbonyl (C=O) groups is 2. The normalized spacial score (nSPS) is 11.1. The predicted molar refractivity (Wildman–Crippen MR) is 76.2 cm³/mol. The van der Waals surface area contributed by atoms with Crippen LogP contribution in [0.25, 0.3) is 0 Å². The van der Waals surface area contributed by atoms with Crippen LogP contribution in [0.15, 0.2) is 24.3 Å². The number of halogens is 3. The van der Waals surface area contributed by atoms with Gasteiger partial charge in [-0.3, -0.25) is 9.59 Å².